The molecule has 60 heavy (non-hydrogen) atoms. The molecule has 0 saturated carbocycles. The minimum Gasteiger partial charge on any atom is -0.214 e. The van der Waals surface area contributed by atoms with Crippen molar-refractivity contribution in [3.8, 4) is 43.8 Å². The fraction of sp³-hybridized carbons (Fsp3) is 0. The molecule has 9 rings (SSSR count). The standard InChI is InChI=1S/C44H14F6N6S4/c45-37-29(17-53)43(49)55-41(39(37)47)25(15-51)9-27-1-3-31(57-27)35-13-23-7-19-5-22-12-34-24(8-20(22)6-21(19)11-33(23)59-35)14-36(60-34)32-4-2-28(58-32)10-26(16-52)42-40(48)38(46)30(18-54)44(50)56-42/h1-14H/b25-9+,26-10+. The Hall–Kier alpha value is -7.18. The number of pyridine rings is 2. The van der Waals surface area contributed by atoms with Crippen LogP contribution in [0, 0.1) is 80.5 Å². The highest BCUT2D eigenvalue weighted by molar-refractivity contribution is 7.27. The number of allylic oxidation sites excluding steroid dienone is 2. The summed E-state index contributed by atoms with van der Waals surface area (Å²) in [6.07, 6.45) is 2.59. The molecule has 3 aromatic carbocycles. The van der Waals surface area contributed by atoms with Crippen molar-refractivity contribution in [2.45, 2.75) is 0 Å². The van der Waals surface area contributed by atoms with Gasteiger partial charge in [0.25, 0.3) is 0 Å². The van der Waals surface area contributed by atoms with Crippen LogP contribution in [0.1, 0.15) is 32.3 Å². The molecule has 0 amide bonds. The van der Waals surface area contributed by atoms with Crippen molar-refractivity contribution in [1.82, 2.24) is 9.97 Å². The van der Waals surface area contributed by atoms with Crippen LogP contribution < -0.4 is 0 Å². The second kappa shape index (κ2) is 14.9. The highest BCUT2D eigenvalue weighted by atomic mass is 32.1. The topological polar surface area (TPSA) is 121 Å². The molecule has 0 saturated heterocycles. The fourth-order valence-electron chi connectivity index (χ4n) is 6.60. The number of hydrogen-bond donors (Lipinski definition) is 0. The first-order valence-electron chi connectivity index (χ1n) is 17.2. The normalized spacial score (nSPS) is 12.0. The minimum absolute atomic E-state index is 0.398. The number of aromatic nitrogens is 2. The number of thiophene rings is 4. The van der Waals surface area contributed by atoms with Crippen LogP contribution in [-0.2, 0) is 0 Å². The fourth-order valence-corrected chi connectivity index (χ4v) is 10.8. The summed E-state index contributed by atoms with van der Waals surface area (Å²) in [7, 11) is 0. The van der Waals surface area contributed by atoms with Crippen LogP contribution in [0.25, 0.3) is 84.5 Å². The lowest BCUT2D eigenvalue weighted by Gasteiger charge is -2.04. The van der Waals surface area contributed by atoms with E-state index in [0.29, 0.717) is 9.75 Å². The SMILES string of the molecule is N#C/C(=C\c1ccc(-c2cc3cc4cc5cc6sc(-c7ccc(/C=C(\C#N)c8nc(F)c(C#N)c(F)c8F)s7)cc6cc5cc4cc3s2)s1)c1nc(F)c(C#N)c(F)c1F. The van der Waals surface area contributed by atoms with E-state index in [-0.39, 0.29) is 0 Å². The Morgan fingerprint density at radius 2 is 0.833 bits per heavy atom. The zero-order chi connectivity index (χ0) is 42.0. The van der Waals surface area contributed by atoms with Gasteiger partial charge < -0.3 is 0 Å². The van der Waals surface area contributed by atoms with Crippen molar-refractivity contribution in [3.05, 3.63) is 140 Å². The van der Waals surface area contributed by atoms with Crippen molar-refractivity contribution < 1.29 is 26.3 Å². The van der Waals surface area contributed by atoms with Crippen LogP contribution in [0.3, 0.4) is 0 Å². The molecule has 0 N–H and O–H groups in total. The second-order valence-corrected chi connectivity index (χ2v) is 17.4. The summed E-state index contributed by atoms with van der Waals surface area (Å²) < 4.78 is 88.2. The molecule has 6 heterocycles. The summed E-state index contributed by atoms with van der Waals surface area (Å²) in [6, 6.07) is 29.8. The molecular formula is C44H14F6N6S4. The minimum atomic E-state index is -1.71. The van der Waals surface area contributed by atoms with Crippen molar-refractivity contribution in [2.24, 2.45) is 0 Å². The number of nitriles is 4. The predicted molar refractivity (Wildman–Crippen MR) is 223 cm³/mol. The molecule has 9 aromatic rings. The van der Waals surface area contributed by atoms with Crippen LogP contribution >= 0.6 is 45.3 Å². The maximum atomic E-state index is 14.6. The van der Waals surface area contributed by atoms with Gasteiger partial charge in [-0.2, -0.15) is 29.8 Å². The molecule has 0 bridgehead atoms. The first kappa shape index (κ1) is 38.3. The summed E-state index contributed by atoms with van der Waals surface area (Å²) in [5.74, 6) is -9.58. The van der Waals surface area contributed by atoms with Crippen LogP contribution in [0.15, 0.2) is 72.8 Å². The average molecular weight is 869 g/mol. The smallest absolute Gasteiger partial charge is 0.214 e. The van der Waals surface area contributed by atoms with Gasteiger partial charge in [-0.15, -0.1) is 45.3 Å². The summed E-state index contributed by atoms with van der Waals surface area (Å²) in [5, 5.41) is 43.3. The van der Waals surface area contributed by atoms with E-state index in [1.54, 1.807) is 46.9 Å². The lowest BCUT2D eigenvalue weighted by Crippen LogP contribution is -2.05. The van der Waals surface area contributed by atoms with Crippen molar-refractivity contribution in [2.75, 3.05) is 0 Å². The van der Waals surface area contributed by atoms with E-state index in [4.69, 9.17) is 10.5 Å². The van der Waals surface area contributed by atoms with Crippen LogP contribution in [0.5, 0.6) is 0 Å². The van der Waals surface area contributed by atoms with E-state index in [1.807, 2.05) is 24.3 Å². The zero-order valence-electron chi connectivity index (χ0n) is 29.7. The van der Waals surface area contributed by atoms with Crippen molar-refractivity contribution >= 4 is 110 Å². The summed E-state index contributed by atoms with van der Waals surface area (Å²) >= 11 is 5.74. The summed E-state index contributed by atoms with van der Waals surface area (Å²) in [6.45, 7) is 0. The number of nitrogens with zero attached hydrogens (tertiary/aromatic N) is 6. The van der Waals surface area contributed by atoms with Gasteiger partial charge in [-0.1, -0.05) is 0 Å². The van der Waals surface area contributed by atoms with Gasteiger partial charge in [0.15, 0.2) is 23.3 Å². The Labute approximate surface area is 349 Å². The lowest BCUT2D eigenvalue weighted by molar-refractivity contribution is 0.471. The zero-order valence-corrected chi connectivity index (χ0v) is 32.9. The van der Waals surface area contributed by atoms with Gasteiger partial charge in [0.05, 0.1) is 11.1 Å². The number of benzene rings is 3. The Kier molecular flexibility index (Phi) is 9.51. The predicted octanol–water partition coefficient (Wildman–Crippen LogP) is 13.4. The van der Waals surface area contributed by atoms with Gasteiger partial charge >= 0.3 is 0 Å². The van der Waals surface area contributed by atoms with Gasteiger partial charge in [0.1, 0.15) is 46.8 Å². The molecule has 0 fully saturated rings. The first-order chi connectivity index (χ1) is 29.0. The maximum absolute atomic E-state index is 14.6. The lowest BCUT2D eigenvalue weighted by atomic mass is 10.0. The molecule has 0 radical (unpaired) electrons. The van der Waals surface area contributed by atoms with Gasteiger partial charge in [0, 0.05) is 38.7 Å². The van der Waals surface area contributed by atoms with Gasteiger partial charge in [-0.25, -0.2) is 27.5 Å². The third kappa shape index (κ3) is 6.55. The molecular weight excluding hydrogens is 855 g/mol. The molecule has 0 aliphatic carbocycles. The summed E-state index contributed by atoms with van der Waals surface area (Å²) in [5.41, 5.74) is -4.76. The third-order valence-electron chi connectivity index (χ3n) is 9.43. The molecule has 0 atom stereocenters. The van der Waals surface area contributed by atoms with Gasteiger partial charge in [-0.05, 0) is 117 Å². The highest BCUT2D eigenvalue weighted by Crippen LogP contribution is 2.43. The molecule has 0 unspecified atom stereocenters. The molecule has 6 aromatic heterocycles. The Balaban J connectivity index is 1.00. The van der Waals surface area contributed by atoms with Crippen molar-refractivity contribution in [3.63, 3.8) is 0 Å². The number of rotatable bonds is 6. The third-order valence-corrected chi connectivity index (χ3v) is 14.1. The van der Waals surface area contributed by atoms with Crippen LogP contribution in [0.4, 0.5) is 26.3 Å². The van der Waals surface area contributed by atoms with E-state index in [1.165, 1.54) is 47.0 Å². The molecule has 16 heteroatoms. The summed E-state index contributed by atoms with van der Waals surface area (Å²) in [4.78, 5) is 11.3. The van der Waals surface area contributed by atoms with Crippen LogP contribution in [-0.4, -0.2) is 9.97 Å². The molecule has 0 aliphatic heterocycles. The van der Waals surface area contributed by atoms with E-state index < -0.39 is 68.8 Å². The van der Waals surface area contributed by atoms with Gasteiger partial charge in [0.2, 0.25) is 11.9 Å². The highest BCUT2D eigenvalue weighted by Gasteiger charge is 2.24. The number of halogens is 6. The van der Waals surface area contributed by atoms with Crippen LogP contribution in [0.2, 0.25) is 0 Å². The Bertz CT molecular complexity index is 3260. The van der Waals surface area contributed by atoms with Gasteiger partial charge in [-0.3, -0.25) is 0 Å². The van der Waals surface area contributed by atoms with Crippen molar-refractivity contribution in [1.29, 1.82) is 21.0 Å². The van der Waals surface area contributed by atoms with E-state index in [9.17, 15) is 36.9 Å². The monoisotopic (exact) mass is 868 g/mol. The molecule has 0 spiro atoms. The molecule has 6 nitrogen and oxygen atoms in total. The Morgan fingerprint density at radius 3 is 1.22 bits per heavy atom. The largest absolute Gasteiger partial charge is 0.234 e. The number of hydrogen-bond acceptors (Lipinski definition) is 10. The molecule has 0 aliphatic rings. The quantitative estimate of drug-likeness (QED) is 0.0710. The van der Waals surface area contributed by atoms with E-state index in [2.05, 4.69) is 46.4 Å². The first-order valence-corrected chi connectivity index (χ1v) is 20.4. The van der Waals surface area contributed by atoms with E-state index >= 15 is 0 Å². The van der Waals surface area contributed by atoms with E-state index in [0.717, 1.165) is 61.2 Å². The Morgan fingerprint density at radius 1 is 0.450 bits per heavy atom. The molecule has 286 valence electrons. The average Bonchev–Trinajstić information content (AvgIpc) is 4.06. The second-order valence-electron chi connectivity index (χ2n) is 13.0. The number of fused-ring (bicyclic) bond motifs is 4. The maximum Gasteiger partial charge on any atom is 0.234 e.